The summed E-state index contributed by atoms with van der Waals surface area (Å²) in [7, 11) is 0. The van der Waals surface area contributed by atoms with Gasteiger partial charge in [-0.2, -0.15) is 8.78 Å². The van der Waals surface area contributed by atoms with E-state index in [2.05, 4.69) is 0 Å². The van der Waals surface area contributed by atoms with Crippen LogP contribution in [0.25, 0.3) is 0 Å². The van der Waals surface area contributed by atoms with Crippen LogP contribution in [0.15, 0.2) is 34.7 Å². The molecule has 1 heterocycles. The summed E-state index contributed by atoms with van der Waals surface area (Å²) in [6.07, 6.45) is 0.265. The Morgan fingerprint density at radius 2 is 1.90 bits per heavy atom. The largest absolute Gasteiger partial charge is 0.451 e. The van der Waals surface area contributed by atoms with E-state index in [9.17, 15) is 18.4 Å². The van der Waals surface area contributed by atoms with Crippen molar-refractivity contribution < 1.29 is 22.8 Å². The predicted octanol–water partition coefficient (Wildman–Crippen LogP) is 3.74. The fourth-order valence-corrected chi connectivity index (χ4v) is 1.86. The molecular weight excluding hydrogens is 266 g/mol. The average Bonchev–Trinajstić information content (AvgIpc) is 2.82. The molecule has 0 bridgehead atoms. The third-order valence-electron chi connectivity index (χ3n) is 2.93. The van der Waals surface area contributed by atoms with Crippen molar-refractivity contribution in [3.05, 3.63) is 58.5 Å². The van der Waals surface area contributed by atoms with Crippen LogP contribution in [-0.2, 0) is 5.92 Å². The highest BCUT2D eigenvalue weighted by atomic mass is 19.3. The minimum atomic E-state index is -3.25. The Morgan fingerprint density at radius 1 is 1.25 bits per heavy atom. The van der Waals surface area contributed by atoms with E-state index in [-0.39, 0.29) is 17.6 Å². The van der Waals surface area contributed by atoms with Crippen LogP contribution in [0.4, 0.5) is 8.78 Å². The molecule has 5 heteroatoms. The van der Waals surface area contributed by atoms with E-state index in [4.69, 9.17) is 4.42 Å². The van der Waals surface area contributed by atoms with Crippen LogP contribution in [0.5, 0.6) is 0 Å². The molecule has 0 saturated heterocycles. The van der Waals surface area contributed by atoms with Gasteiger partial charge in [-0.3, -0.25) is 9.59 Å². The lowest BCUT2D eigenvalue weighted by Gasteiger charge is -2.04. The van der Waals surface area contributed by atoms with E-state index in [1.54, 1.807) is 31.2 Å². The van der Waals surface area contributed by atoms with Crippen molar-refractivity contribution >= 4 is 12.1 Å². The lowest BCUT2D eigenvalue weighted by molar-refractivity contribution is -0.00574. The maximum atomic E-state index is 13.2. The van der Waals surface area contributed by atoms with E-state index >= 15 is 0 Å². The number of carbonyl (C=O) groups is 2. The van der Waals surface area contributed by atoms with Gasteiger partial charge in [-0.05, 0) is 18.6 Å². The van der Waals surface area contributed by atoms with Gasteiger partial charge < -0.3 is 4.42 Å². The number of carbonyl (C=O) groups excluding carboxylic acids is 2. The van der Waals surface area contributed by atoms with Crippen molar-refractivity contribution in [2.75, 3.05) is 0 Å². The summed E-state index contributed by atoms with van der Waals surface area (Å²) in [5.74, 6) is -4.84. The standard InChI is InChI=1S/C15H12F2O3/c1-9-5-3-4-6-10(9)14(19)11-7-13(15(2,16)17)20-12(11)8-18/h3-8H,1-2H3. The molecule has 3 nitrogen and oxygen atoms in total. The number of furan rings is 1. The minimum absolute atomic E-state index is 0.147. The molecule has 0 unspecified atom stereocenters. The number of aryl methyl sites for hydroxylation is 1. The molecule has 104 valence electrons. The van der Waals surface area contributed by atoms with E-state index in [0.29, 0.717) is 18.1 Å². The van der Waals surface area contributed by atoms with Crippen molar-refractivity contribution in [3.8, 4) is 0 Å². The molecule has 1 aromatic carbocycles. The Bertz CT molecular complexity index is 666. The van der Waals surface area contributed by atoms with Gasteiger partial charge in [-0.15, -0.1) is 0 Å². The summed E-state index contributed by atoms with van der Waals surface area (Å²) in [6, 6.07) is 7.65. The van der Waals surface area contributed by atoms with Gasteiger partial charge in [0.1, 0.15) is 0 Å². The molecule has 2 rings (SSSR count). The summed E-state index contributed by atoms with van der Waals surface area (Å²) in [5.41, 5.74) is 0.897. The van der Waals surface area contributed by atoms with Gasteiger partial charge >= 0.3 is 5.92 Å². The van der Waals surface area contributed by atoms with Crippen LogP contribution in [0.1, 0.15) is 44.7 Å². The van der Waals surface area contributed by atoms with Crippen LogP contribution in [0.3, 0.4) is 0 Å². The minimum Gasteiger partial charge on any atom is -0.451 e. The van der Waals surface area contributed by atoms with E-state index in [1.807, 2.05) is 0 Å². The highest BCUT2D eigenvalue weighted by molar-refractivity contribution is 6.13. The summed E-state index contributed by atoms with van der Waals surface area (Å²) in [4.78, 5) is 23.2. The van der Waals surface area contributed by atoms with Crippen molar-refractivity contribution in [3.63, 3.8) is 0 Å². The molecule has 0 radical (unpaired) electrons. The van der Waals surface area contributed by atoms with Gasteiger partial charge in [0.2, 0.25) is 0 Å². The molecule has 0 aliphatic heterocycles. The Labute approximate surface area is 114 Å². The number of ketones is 1. The Morgan fingerprint density at radius 3 is 2.45 bits per heavy atom. The lowest BCUT2D eigenvalue weighted by atomic mass is 9.99. The number of alkyl halides is 2. The van der Waals surface area contributed by atoms with Crippen molar-refractivity contribution in [1.29, 1.82) is 0 Å². The van der Waals surface area contributed by atoms with Crippen molar-refractivity contribution in [2.24, 2.45) is 0 Å². The molecular formula is C15H12F2O3. The van der Waals surface area contributed by atoms with Crippen LogP contribution in [0.2, 0.25) is 0 Å². The summed E-state index contributed by atoms with van der Waals surface area (Å²) >= 11 is 0. The van der Waals surface area contributed by atoms with E-state index in [1.165, 1.54) is 0 Å². The number of halogens is 2. The zero-order valence-electron chi connectivity index (χ0n) is 10.9. The Balaban J connectivity index is 2.53. The number of hydrogen-bond acceptors (Lipinski definition) is 3. The van der Waals surface area contributed by atoms with Crippen LogP contribution in [0, 0.1) is 6.92 Å². The zero-order valence-corrected chi connectivity index (χ0v) is 10.9. The number of benzene rings is 1. The Kier molecular flexibility index (Phi) is 3.53. The smallest absolute Gasteiger partial charge is 0.301 e. The second-order valence-electron chi connectivity index (χ2n) is 4.54. The number of rotatable bonds is 4. The van der Waals surface area contributed by atoms with Crippen LogP contribution >= 0.6 is 0 Å². The maximum Gasteiger partial charge on any atom is 0.301 e. The zero-order chi connectivity index (χ0) is 14.9. The molecule has 20 heavy (non-hydrogen) atoms. The SMILES string of the molecule is Cc1ccccc1C(=O)c1cc(C(C)(F)F)oc1C=O. The highest BCUT2D eigenvalue weighted by Gasteiger charge is 2.32. The second-order valence-corrected chi connectivity index (χ2v) is 4.54. The maximum absolute atomic E-state index is 13.2. The molecule has 0 fully saturated rings. The van der Waals surface area contributed by atoms with E-state index in [0.717, 1.165) is 6.07 Å². The monoisotopic (exact) mass is 278 g/mol. The molecule has 0 aliphatic rings. The first-order valence-electron chi connectivity index (χ1n) is 5.92. The van der Waals surface area contributed by atoms with Gasteiger partial charge in [-0.1, -0.05) is 24.3 Å². The van der Waals surface area contributed by atoms with Gasteiger partial charge in [0.05, 0.1) is 5.56 Å². The van der Waals surface area contributed by atoms with Gasteiger partial charge in [0, 0.05) is 12.5 Å². The Hall–Kier alpha value is -2.30. The molecule has 0 amide bonds. The molecule has 1 aromatic heterocycles. The first-order valence-corrected chi connectivity index (χ1v) is 5.92. The molecule has 0 saturated carbocycles. The van der Waals surface area contributed by atoms with Crippen LogP contribution in [-0.4, -0.2) is 12.1 Å². The molecule has 0 N–H and O–H groups in total. The third kappa shape index (κ3) is 2.52. The van der Waals surface area contributed by atoms with E-state index < -0.39 is 17.5 Å². The molecule has 2 aromatic rings. The average molecular weight is 278 g/mol. The molecule has 0 spiro atoms. The van der Waals surface area contributed by atoms with Gasteiger partial charge in [-0.25, -0.2) is 0 Å². The van der Waals surface area contributed by atoms with Gasteiger partial charge in [0.25, 0.3) is 0 Å². The first-order chi connectivity index (χ1) is 9.34. The van der Waals surface area contributed by atoms with Crippen molar-refractivity contribution in [1.82, 2.24) is 0 Å². The number of hydrogen-bond donors (Lipinski definition) is 0. The fourth-order valence-electron chi connectivity index (χ4n) is 1.86. The molecule has 0 aliphatic carbocycles. The number of aldehydes is 1. The normalized spacial score (nSPS) is 11.4. The summed E-state index contributed by atoms with van der Waals surface area (Å²) < 4.78 is 31.2. The third-order valence-corrected chi connectivity index (χ3v) is 2.93. The van der Waals surface area contributed by atoms with Crippen LogP contribution < -0.4 is 0 Å². The highest BCUT2D eigenvalue weighted by Crippen LogP contribution is 2.31. The van der Waals surface area contributed by atoms with Gasteiger partial charge in [0.15, 0.2) is 23.6 Å². The lowest BCUT2D eigenvalue weighted by Crippen LogP contribution is -2.06. The fraction of sp³-hybridized carbons (Fsp3) is 0.200. The summed E-state index contributed by atoms with van der Waals surface area (Å²) in [6.45, 7) is 2.37. The topological polar surface area (TPSA) is 47.3 Å². The summed E-state index contributed by atoms with van der Waals surface area (Å²) in [5, 5.41) is 0. The predicted molar refractivity (Wildman–Crippen MR) is 68.3 cm³/mol. The van der Waals surface area contributed by atoms with Crippen molar-refractivity contribution in [2.45, 2.75) is 19.8 Å². The first kappa shape index (κ1) is 14.1. The quantitative estimate of drug-likeness (QED) is 0.632. The molecule has 0 atom stereocenters. The second kappa shape index (κ2) is 5.00.